The summed E-state index contributed by atoms with van der Waals surface area (Å²) in [5, 5.41) is 0. The summed E-state index contributed by atoms with van der Waals surface area (Å²) in [6.45, 7) is 5.06. The molecule has 0 amide bonds. The quantitative estimate of drug-likeness (QED) is 0.672. The molecule has 1 rings (SSSR count). The van der Waals surface area contributed by atoms with E-state index in [-0.39, 0.29) is 5.75 Å². The Labute approximate surface area is 82.0 Å². The Bertz CT molecular complexity index is 321. The van der Waals surface area contributed by atoms with Crippen LogP contribution in [0, 0.1) is 6.92 Å². The van der Waals surface area contributed by atoms with Crippen molar-refractivity contribution in [3.05, 3.63) is 42.5 Å². The van der Waals surface area contributed by atoms with E-state index in [0.717, 1.165) is 11.6 Å². The first-order chi connectivity index (χ1) is 6.53. The van der Waals surface area contributed by atoms with E-state index < -0.39 is 12.5 Å². The van der Waals surface area contributed by atoms with Gasteiger partial charge >= 0.3 is 6.11 Å². The molecule has 0 N–H and O–H groups in total. The summed E-state index contributed by atoms with van der Waals surface area (Å²) in [6, 6.07) is 6.56. The van der Waals surface area contributed by atoms with Crippen LogP contribution in [0.3, 0.4) is 0 Å². The Kier molecular flexibility index (Phi) is 3.23. The van der Waals surface area contributed by atoms with Gasteiger partial charge in [0.05, 0.1) is 6.42 Å². The fourth-order valence-corrected chi connectivity index (χ4v) is 1.06. The number of hydrogen-bond acceptors (Lipinski definition) is 1. The smallest absolute Gasteiger partial charge is 0.401 e. The second kappa shape index (κ2) is 4.22. The van der Waals surface area contributed by atoms with E-state index in [1.807, 2.05) is 13.0 Å². The molecule has 0 unspecified atom stereocenters. The minimum atomic E-state index is -3.17. The molecule has 0 saturated heterocycles. The predicted molar refractivity (Wildman–Crippen MR) is 51.6 cm³/mol. The van der Waals surface area contributed by atoms with Crippen LogP contribution in [0.1, 0.15) is 12.0 Å². The van der Waals surface area contributed by atoms with Gasteiger partial charge in [0, 0.05) is 0 Å². The Morgan fingerprint density at radius 2 is 2.21 bits per heavy atom. The van der Waals surface area contributed by atoms with Crippen molar-refractivity contribution in [1.29, 1.82) is 0 Å². The van der Waals surface area contributed by atoms with Crippen LogP contribution in [0.25, 0.3) is 0 Å². The predicted octanol–water partition coefficient (Wildman–Crippen LogP) is 3.54. The Morgan fingerprint density at radius 1 is 1.50 bits per heavy atom. The summed E-state index contributed by atoms with van der Waals surface area (Å²) < 4.78 is 30.4. The van der Waals surface area contributed by atoms with Gasteiger partial charge in [-0.2, -0.15) is 8.78 Å². The molecule has 0 spiro atoms. The first kappa shape index (κ1) is 10.7. The highest BCUT2D eigenvalue weighted by atomic mass is 19.3. The average Bonchev–Trinajstić information content (AvgIpc) is 2.02. The first-order valence-corrected chi connectivity index (χ1v) is 4.28. The number of hydrogen-bond donors (Lipinski definition) is 0. The van der Waals surface area contributed by atoms with Crippen molar-refractivity contribution in [2.45, 2.75) is 19.5 Å². The van der Waals surface area contributed by atoms with Gasteiger partial charge in [-0.25, -0.2) is 0 Å². The summed E-state index contributed by atoms with van der Waals surface area (Å²) in [7, 11) is 0. The monoisotopic (exact) mass is 198 g/mol. The summed E-state index contributed by atoms with van der Waals surface area (Å²) in [5.41, 5.74) is 0.886. The Morgan fingerprint density at radius 3 is 2.79 bits per heavy atom. The van der Waals surface area contributed by atoms with E-state index in [2.05, 4.69) is 11.3 Å². The highest BCUT2D eigenvalue weighted by Crippen LogP contribution is 2.25. The first-order valence-electron chi connectivity index (χ1n) is 4.28. The zero-order valence-electron chi connectivity index (χ0n) is 7.97. The van der Waals surface area contributed by atoms with Crippen LogP contribution in [0.5, 0.6) is 5.75 Å². The van der Waals surface area contributed by atoms with Crippen LogP contribution in [0.2, 0.25) is 0 Å². The maximum absolute atomic E-state index is 12.9. The van der Waals surface area contributed by atoms with Crippen LogP contribution in [0.15, 0.2) is 36.9 Å². The molecule has 1 nitrogen and oxygen atoms in total. The molecule has 14 heavy (non-hydrogen) atoms. The van der Waals surface area contributed by atoms with Crippen LogP contribution in [-0.2, 0) is 0 Å². The topological polar surface area (TPSA) is 9.23 Å². The van der Waals surface area contributed by atoms with Gasteiger partial charge in [0.25, 0.3) is 0 Å². The second-order valence-corrected chi connectivity index (χ2v) is 3.05. The fraction of sp³-hybridized carbons (Fsp3) is 0.273. The molecule has 0 saturated carbocycles. The minimum Gasteiger partial charge on any atom is -0.432 e. The summed E-state index contributed by atoms with van der Waals surface area (Å²) in [6.07, 6.45) is -2.52. The van der Waals surface area contributed by atoms with Crippen molar-refractivity contribution in [3.8, 4) is 5.75 Å². The lowest BCUT2D eigenvalue weighted by molar-refractivity contribution is -0.172. The lowest BCUT2D eigenvalue weighted by Crippen LogP contribution is -2.23. The van der Waals surface area contributed by atoms with Gasteiger partial charge in [-0.3, -0.25) is 0 Å². The number of aryl methyl sites for hydroxylation is 1. The molecule has 0 aliphatic heterocycles. The summed E-state index contributed by atoms with van der Waals surface area (Å²) >= 11 is 0. The lowest BCUT2D eigenvalue weighted by Gasteiger charge is -2.16. The van der Waals surface area contributed by atoms with E-state index in [1.165, 1.54) is 6.07 Å². The van der Waals surface area contributed by atoms with E-state index >= 15 is 0 Å². The molecule has 3 heteroatoms. The maximum atomic E-state index is 12.9. The largest absolute Gasteiger partial charge is 0.432 e. The summed E-state index contributed by atoms with van der Waals surface area (Å²) in [5.74, 6) is 0.178. The van der Waals surface area contributed by atoms with Crippen molar-refractivity contribution >= 4 is 0 Å². The molecule has 0 radical (unpaired) electrons. The van der Waals surface area contributed by atoms with Crippen LogP contribution in [-0.4, -0.2) is 6.11 Å². The van der Waals surface area contributed by atoms with Crippen molar-refractivity contribution in [2.75, 3.05) is 0 Å². The molecule has 0 atom stereocenters. The van der Waals surface area contributed by atoms with Crippen molar-refractivity contribution in [1.82, 2.24) is 0 Å². The zero-order valence-corrected chi connectivity index (χ0v) is 7.97. The molecule has 0 aliphatic carbocycles. The van der Waals surface area contributed by atoms with Crippen LogP contribution in [0.4, 0.5) is 8.78 Å². The molecule has 0 fully saturated rings. The number of rotatable bonds is 4. The van der Waals surface area contributed by atoms with E-state index in [4.69, 9.17) is 0 Å². The van der Waals surface area contributed by atoms with Gasteiger partial charge < -0.3 is 4.74 Å². The molecule has 0 bridgehead atoms. The normalized spacial score (nSPS) is 11.1. The lowest BCUT2D eigenvalue weighted by atomic mass is 10.2. The number of benzene rings is 1. The van der Waals surface area contributed by atoms with Crippen molar-refractivity contribution in [2.24, 2.45) is 0 Å². The second-order valence-electron chi connectivity index (χ2n) is 3.05. The molecule has 76 valence electrons. The Hall–Kier alpha value is -1.38. The Balaban J connectivity index is 2.72. The molecule has 1 aromatic carbocycles. The van der Waals surface area contributed by atoms with Gasteiger partial charge in [0.15, 0.2) is 0 Å². The van der Waals surface area contributed by atoms with Gasteiger partial charge in [0.1, 0.15) is 5.75 Å². The molecule has 0 heterocycles. The van der Waals surface area contributed by atoms with Gasteiger partial charge in [-0.05, 0) is 24.6 Å². The molecular weight excluding hydrogens is 186 g/mol. The SMILES string of the molecule is C=CCC(F)(F)Oc1cccc(C)c1. The molecular formula is C11H12F2O. The van der Waals surface area contributed by atoms with Crippen LogP contribution < -0.4 is 4.74 Å². The standard InChI is InChI=1S/C11H12F2O/c1-3-7-11(12,13)14-10-6-4-5-9(2)8-10/h3-6,8H,1,7H2,2H3. The third kappa shape index (κ3) is 3.17. The molecule has 0 aromatic heterocycles. The van der Waals surface area contributed by atoms with Gasteiger partial charge in [-0.15, -0.1) is 6.58 Å². The molecule has 0 aliphatic rings. The third-order valence-corrected chi connectivity index (χ3v) is 1.64. The zero-order chi connectivity index (χ0) is 10.6. The highest BCUT2D eigenvalue weighted by Gasteiger charge is 2.29. The van der Waals surface area contributed by atoms with E-state index in [9.17, 15) is 8.78 Å². The van der Waals surface area contributed by atoms with E-state index in [0.29, 0.717) is 0 Å². The molecule has 1 aromatic rings. The number of halogens is 2. The third-order valence-electron chi connectivity index (χ3n) is 1.64. The van der Waals surface area contributed by atoms with Gasteiger partial charge in [-0.1, -0.05) is 18.2 Å². The average molecular weight is 198 g/mol. The maximum Gasteiger partial charge on any atom is 0.401 e. The van der Waals surface area contributed by atoms with Crippen molar-refractivity contribution in [3.63, 3.8) is 0 Å². The minimum absolute atomic E-state index is 0.178. The highest BCUT2D eigenvalue weighted by molar-refractivity contribution is 5.27. The van der Waals surface area contributed by atoms with E-state index in [1.54, 1.807) is 12.1 Å². The van der Waals surface area contributed by atoms with Crippen molar-refractivity contribution < 1.29 is 13.5 Å². The van der Waals surface area contributed by atoms with Crippen LogP contribution >= 0.6 is 0 Å². The summed E-state index contributed by atoms with van der Waals surface area (Å²) in [4.78, 5) is 0. The number of ether oxygens (including phenoxy) is 1. The fourth-order valence-electron chi connectivity index (χ4n) is 1.06. The number of alkyl halides is 2. The van der Waals surface area contributed by atoms with Gasteiger partial charge in [0.2, 0.25) is 0 Å².